The lowest BCUT2D eigenvalue weighted by Gasteiger charge is -2.11. The molecule has 102 valence electrons. The van der Waals surface area contributed by atoms with Crippen LogP contribution in [0.25, 0.3) is 0 Å². The minimum absolute atomic E-state index is 0.0687. The first-order valence-corrected chi connectivity index (χ1v) is 6.59. The maximum atomic E-state index is 12.0. The number of amides is 1. The van der Waals surface area contributed by atoms with Crippen molar-refractivity contribution in [2.75, 3.05) is 32.2 Å². The van der Waals surface area contributed by atoms with Gasteiger partial charge in [0, 0.05) is 24.7 Å². The average Bonchev–Trinajstić information content (AvgIpc) is 2.97. The van der Waals surface area contributed by atoms with Gasteiger partial charge in [-0.1, -0.05) is 0 Å². The van der Waals surface area contributed by atoms with Crippen LogP contribution in [-0.2, 0) is 4.79 Å². The standard InChI is InChI=1S/C14H18N2O3/c1-16-5-4-10(8-16)6-14(17)15-11-2-3-12-13(7-11)19-9-18-12/h2-3,7,10H,4-6,8-9H2,1H3,(H,15,17). The van der Waals surface area contributed by atoms with Crippen LogP contribution in [0.2, 0.25) is 0 Å². The number of hydrogen-bond donors (Lipinski definition) is 1. The van der Waals surface area contributed by atoms with Crippen LogP contribution in [0.4, 0.5) is 5.69 Å². The van der Waals surface area contributed by atoms with E-state index in [2.05, 4.69) is 17.3 Å². The molecule has 5 nitrogen and oxygen atoms in total. The fraction of sp³-hybridized carbons (Fsp3) is 0.500. The summed E-state index contributed by atoms with van der Waals surface area (Å²) in [5.74, 6) is 1.96. The van der Waals surface area contributed by atoms with Gasteiger partial charge in [-0.05, 0) is 38.1 Å². The molecule has 2 aliphatic heterocycles. The van der Waals surface area contributed by atoms with Crippen molar-refractivity contribution in [3.8, 4) is 11.5 Å². The average molecular weight is 262 g/mol. The van der Waals surface area contributed by atoms with E-state index in [4.69, 9.17) is 9.47 Å². The molecule has 2 aliphatic rings. The molecule has 1 aromatic rings. The topological polar surface area (TPSA) is 50.8 Å². The molecule has 0 spiro atoms. The molecule has 5 heteroatoms. The smallest absolute Gasteiger partial charge is 0.231 e. The first kappa shape index (κ1) is 12.3. The van der Waals surface area contributed by atoms with Gasteiger partial charge in [-0.25, -0.2) is 0 Å². The Morgan fingerprint density at radius 2 is 2.26 bits per heavy atom. The van der Waals surface area contributed by atoms with Crippen LogP contribution in [0.15, 0.2) is 18.2 Å². The van der Waals surface area contributed by atoms with Crippen molar-refractivity contribution in [3.63, 3.8) is 0 Å². The molecule has 19 heavy (non-hydrogen) atoms. The molecule has 0 bridgehead atoms. The van der Waals surface area contributed by atoms with Crippen LogP contribution < -0.4 is 14.8 Å². The Labute approximate surface area is 112 Å². The van der Waals surface area contributed by atoms with Crippen LogP contribution >= 0.6 is 0 Å². The lowest BCUT2D eigenvalue weighted by Crippen LogP contribution is -2.19. The second kappa shape index (κ2) is 5.09. The lowest BCUT2D eigenvalue weighted by molar-refractivity contribution is -0.117. The van der Waals surface area contributed by atoms with Gasteiger partial charge in [-0.3, -0.25) is 4.79 Å². The minimum Gasteiger partial charge on any atom is -0.454 e. The molecule has 1 aromatic carbocycles. The van der Waals surface area contributed by atoms with Crippen LogP contribution in [0.5, 0.6) is 11.5 Å². The highest BCUT2D eigenvalue weighted by Crippen LogP contribution is 2.34. The van der Waals surface area contributed by atoms with Crippen molar-refractivity contribution in [2.24, 2.45) is 5.92 Å². The highest BCUT2D eigenvalue weighted by Gasteiger charge is 2.22. The molecule has 0 aliphatic carbocycles. The van der Waals surface area contributed by atoms with Gasteiger partial charge in [0.15, 0.2) is 11.5 Å². The van der Waals surface area contributed by atoms with Gasteiger partial charge in [-0.2, -0.15) is 0 Å². The van der Waals surface area contributed by atoms with E-state index in [0.717, 1.165) is 30.9 Å². The van der Waals surface area contributed by atoms with Crippen LogP contribution in [0, 0.1) is 5.92 Å². The van der Waals surface area contributed by atoms with E-state index < -0.39 is 0 Å². The van der Waals surface area contributed by atoms with Gasteiger partial charge in [0.05, 0.1) is 0 Å². The van der Waals surface area contributed by atoms with Crippen molar-refractivity contribution < 1.29 is 14.3 Å². The van der Waals surface area contributed by atoms with E-state index in [9.17, 15) is 4.79 Å². The largest absolute Gasteiger partial charge is 0.454 e. The number of hydrogen-bond acceptors (Lipinski definition) is 4. The summed E-state index contributed by atoms with van der Waals surface area (Å²) in [6.07, 6.45) is 1.68. The number of fused-ring (bicyclic) bond motifs is 1. The third kappa shape index (κ3) is 2.81. The Morgan fingerprint density at radius 1 is 1.42 bits per heavy atom. The van der Waals surface area contributed by atoms with Crippen molar-refractivity contribution in [1.29, 1.82) is 0 Å². The van der Waals surface area contributed by atoms with E-state index in [1.165, 1.54) is 0 Å². The number of ether oxygens (including phenoxy) is 2. The number of rotatable bonds is 3. The Kier molecular flexibility index (Phi) is 3.29. The van der Waals surface area contributed by atoms with E-state index in [1.54, 1.807) is 6.07 Å². The van der Waals surface area contributed by atoms with Crippen molar-refractivity contribution in [1.82, 2.24) is 4.90 Å². The quantitative estimate of drug-likeness (QED) is 0.900. The molecule has 0 aromatic heterocycles. The summed E-state index contributed by atoms with van der Waals surface area (Å²) in [6.45, 7) is 2.34. The molecule has 1 fully saturated rings. The predicted octanol–water partition coefficient (Wildman–Crippen LogP) is 1.70. The number of likely N-dealkylation sites (tertiary alicyclic amines) is 1. The van der Waals surface area contributed by atoms with Gasteiger partial charge in [0.25, 0.3) is 0 Å². The van der Waals surface area contributed by atoms with Crippen molar-refractivity contribution in [2.45, 2.75) is 12.8 Å². The summed E-state index contributed by atoms with van der Waals surface area (Å²) in [4.78, 5) is 14.2. The Bertz CT molecular complexity index is 490. The van der Waals surface area contributed by atoms with Gasteiger partial charge in [-0.15, -0.1) is 0 Å². The second-order valence-electron chi connectivity index (χ2n) is 5.24. The summed E-state index contributed by atoms with van der Waals surface area (Å²) in [6, 6.07) is 5.47. The zero-order chi connectivity index (χ0) is 13.2. The van der Waals surface area contributed by atoms with Crippen LogP contribution in [-0.4, -0.2) is 37.7 Å². The molecule has 1 amide bonds. The Hall–Kier alpha value is -1.75. The molecule has 2 heterocycles. The van der Waals surface area contributed by atoms with Crippen LogP contribution in [0.1, 0.15) is 12.8 Å². The summed E-state index contributed by atoms with van der Waals surface area (Å²) < 4.78 is 10.5. The highest BCUT2D eigenvalue weighted by atomic mass is 16.7. The maximum Gasteiger partial charge on any atom is 0.231 e. The lowest BCUT2D eigenvalue weighted by atomic mass is 10.0. The zero-order valence-corrected chi connectivity index (χ0v) is 11.0. The van der Waals surface area contributed by atoms with E-state index in [1.807, 2.05) is 12.1 Å². The minimum atomic E-state index is 0.0687. The first-order chi connectivity index (χ1) is 9.20. The van der Waals surface area contributed by atoms with Crippen molar-refractivity contribution >= 4 is 11.6 Å². The molecule has 1 unspecified atom stereocenters. The van der Waals surface area contributed by atoms with Crippen molar-refractivity contribution in [3.05, 3.63) is 18.2 Å². The van der Waals surface area contributed by atoms with Gasteiger partial charge in [0.1, 0.15) is 0 Å². The fourth-order valence-electron chi connectivity index (χ4n) is 2.64. The number of carbonyl (C=O) groups is 1. The summed E-state index contributed by atoms with van der Waals surface area (Å²) >= 11 is 0. The maximum absolute atomic E-state index is 12.0. The number of benzene rings is 1. The highest BCUT2D eigenvalue weighted by molar-refractivity contribution is 5.91. The van der Waals surface area contributed by atoms with Gasteiger partial charge in [0.2, 0.25) is 12.7 Å². The van der Waals surface area contributed by atoms with E-state index in [-0.39, 0.29) is 12.7 Å². The molecule has 1 saturated heterocycles. The van der Waals surface area contributed by atoms with Gasteiger partial charge >= 0.3 is 0 Å². The Morgan fingerprint density at radius 3 is 3.05 bits per heavy atom. The van der Waals surface area contributed by atoms with E-state index >= 15 is 0 Å². The van der Waals surface area contributed by atoms with Crippen LogP contribution in [0.3, 0.4) is 0 Å². The third-order valence-electron chi connectivity index (χ3n) is 3.62. The summed E-state index contributed by atoms with van der Waals surface area (Å²) in [5.41, 5.74) is 0.764. The Balaban J connectivity index is 1.57. The SMILES string of the molecule is CN1CCC(CC(=O)Nc2ccc3c(c2)OCO3)C1. The fourth-order valence-corrected chi connectivity index (χ4v) is 2.64. The number of anilines is 1. The molecular weight excluding hydrogens is 244 g/mol. The summed E-state index contributed by atoms with van der Waals surface area (Å²) in [7, 11) is 2.09. The number of carbonyl (C=O) groups excluding carboxylic acids is 1. The zero-order valence-electron chi connectivity index (χ0n) is 11.0. The molecule has 0 radical (unpaired) electrons. The summed E-state index contributed by atoms with van der Waals surface area (Å²) in [5, 5.41) is 2.92. The van der Waals surface area contributed by atoms with Gasteiger partial charge < -0.3 is 19.7 Å². The second-order valence-corrected chi connectivity index (χ2v) is 5.24. The normalized spacial score (nSPS) is 21.6. The monoisotopic (exact) mass is 262 g/mol. The molecule has 0 saturated carbocycles. The molecule has 3 rings (SSSR count). The van der Waals surface area contributed by atoms with E-state index in [0.29, 0.717) is 18.1 Å². The third-order valence-corrected chi connectivity index (χ3v) is 3.62. The molecular formula is C14H18N2O3. The number of nitrogens with zero attached hydrogens (tertiary/aromatic N) is 1. The predicted molar refractivity (Wildman–Crippen MR) is 71.4 cm³/mol. The molecule has 1 atom stereocenters. The molecule has 1 N–H and O–H groups in total. The number of nitrogens with one attached hydrogen (secondary N) is 1. The first-order valence-electron chi connectivity index (χ1n) is 6.59.